The summed E-state index contributed by atoms with van der Waals surface area (Å²) < 4.78 is 12.8. The van der Waals surface area contributed by atoms with Crippen molar-refractivity contribution in [3.63, 3.8) is 0 Å². The fourth-order valence-electron chi connectivity index (χ4n) is 2.40. The van der Waals surface area contributed by atoms with Gasteiger partial charge in [0.2, 0.25) is 0 Å². The van der Waals surface area contributed by atoms with Crippen molar-refractivity contribution in [3.05, 3.63) is 30.1 Å². The lowest BCUT2D eigenvalue weighted by atomic mass is 9.76. The molecule has 1 aliphatic rings. The minimum atomic E-state index is -0.303. The Labute approximate surface area is 128 Å². The van der Waals surface area contributed by atoms with Gasteiger partial charge in [-0.15, -0.1) is 0 Å². The summed E-state index contributed by atoms with van der Waals surface area (Å²) in [6.07, 6.45) is 1.73. The number of hydrogen-bond donors (Lipinski definition) is 2. The van der Waals surface area contributed by atoms with Crippen molar-refractivity contribution >= 4 is 34.5 Å². The average molecular weight is 307 g/mol. The monoisotopic (exact) mass is 307 g/mol. The molecule has 1 aromatic rings. The van der Waals surface area contributed by atoms with E-state index in [-0.39, 0.29) is 17.0 Å². The summed E-state index contributed by atoms with van der Waals surface area (Å²) in [4.78, 5) is 11.7. The Morgan fingerprint density at radius 3 is 2.57 bits per heavy atom. The van der Waals surface area contributed by atoms with E-state index in [1.54, 1.807) is 12.1 Å². The largest absolute Gasteiger partial charge is 0.331 e. The molecule has 1 saturated carbocycles. The molecule has 0 bridgehead atoms. The molecule has 0 spiro atoms. The lowest BCUT2D eigenvalue weighted by molar-refractivity contribution is -0.120. The molecule has 0 saturated heterocycles. The second-order valence-corrected chi connectivity index (χ2v) is 6.39. The maximum Gasteiger partial charge on any atom is 0.191 e. The van der Waals surface area contributed by atoms with Gasteiger partial charge in [-0.1, -0.05) is 13.8 Å². The zero-order valence-corrected chi connectivity index (χ0v) is 12.9. The van der Waals surface area contributed by atoms with Crippen LogP contribution in [0.3, 0.4) is 0 Å². The lowest BCUT2D eigenvalue weighted by Crippen LogP contribution is -2.32. The predicted molar refractivity (Wildman–Crippen MR) is 85.8 cm³/mol. The number of thiocarbonyl (C=S) groups is 1. The quantitative estimate of drug-likeness (QED) is 0.650. The van der Waals surface area contributed by atoms with Crippen LogP contribution in [0.4, 0.5) is 10.1 Å². The molecule has 0 aromatic heterocycles. The minimum absolute atomic E-state index is 0.0537. The summed E-state index contributed by atoms with van der Waals surface area (Å²) in [5, 5.41) is 7.42. The van der Waals surface area contributed by atoms with Crippen LogP contribution in [0, 0.1) is 11.2 Å². The number of hydrogen-bond acceptors (Lipinski definition) is 3. The van der Waals surface area contributed by atoms with Crippen molar-refractivity contribution in [2.24, 2.45) is 10.5 Å². The molecule has 0 radical (unpaired) electrons. The van der Waals surface area contributed by atoms with Gasteiger partial charge in [0.1, 0.15) is 11.6 Å². The molecule has 0 atom stereocenters. The third kappa shape index (κ3) is 4.90. The molecule has 0 amide bonds. The van der Waals surface area contributed by atoms with E-state index >= 15 is 0 Å². The van der Waals surface area contributed by atoms with Crippen LogP contribution in [-0.2, 0) is 4.79 Å². The van der Waals surface area contributed by atoms with E-state index in [0.29, 0.717) is 23.6 Å². The van der Waals surface area contributed by atoms with Crippen LogP contribution < -0.4 is 10.7 Å². The van der Waals surface area contributed by atoms with Gasteiger partial charge in [-0.25, -0.2) is 4.39 Å². The highest BCUT2D eigenvalue weighted by atomic mass is 32.1. The predicted octanol–water partition coefficient (Wildman–Crippen LogP) is 3.25. The number of nitrogens with zero attached hydrogens (tertiary/aromatic N) is 1. The molecule has 6 heteroatoms. The zero-order valence-electron chi connectivity index (χ0n) is 12.1. The lowest BCUT2D eigenvalue weighted by Gasteiger charge is -2.29. The van der Waals surface area contributed by atoms with Crippen molar-refractivity contribution in [1.82, 2.24) is 5.43 Å². The van der Waals surface area contributed by atoms with Crippen LogP contribution in [0.1, 0.15) is 33.1 Å². The van der Waals surface area contributed by atoms with Crippen molar-refractivity contribution in [2.45, 2.75) is 33.1 Å². The van der Waals surface area contributed by atoms with E-state index < -0.39 is 0 Å². The van der Waals surface area contributed by atoms with Crippen LogP contribution in [0.2, 0.25) is 0 Å². The van der Waals surface area contributed by atoms with Crippen molar-refractivity contribution in [1.29, 1.82) is 0 Å². The molecule has 1 aliphatic carbocycles. The summed E-state index contributed by atoms with van der Waals surface area (Å²) >= 11 is 5.12. The van der Waals surface area contributed by atoms with Crippen molar-refractivity contribution in [2.75, 3.05) is 5.32 Å². The van der Waals surface area contributed by atoms with Gasteiger partial charge in [0.05, 0.1) is 0 Å². The second kappa shape index (κ2) is 6.30. The summed E-state index contributed by atoms with van der Waals surface area (Å²) in [7, 11) is 0. The molecule has 1 fully saturated rings. The Morgan fingerprint density at radius 1 is 1.29 bits per heavy atom. The van der Waals surface area contributed by atoms with Crippen LogP contribution in [0.15, 0.2) is 29.4 Å². The fraction of sp³-hybridized carbons (Fsp3) is 0.400. The maximum atomic E-state index is 12.8. The third-order valence-electron chi connectivity index (χ3n) is 3.18. The van der Waals surface area contributed by atoms with Gasteiger partial charge >= 0.3 is 0 Å². The zero-order chi connectivity index (χ0) is 15.5. The normalized spacial score (nSPS) is 19.4. The maximum absolute atomic E-state index is 12.8. The number of hydrazone groups is 1. The Hall–Kier alpha value is -1.82. The van der Waals surface area contributed by atoms with Crippen LogP contribution in [0.5, 0.6) is 0 Å². The molecule has 21 heavy (non-hydrogen) atoms. The van der Waals surface area contributed by atoms with Gasteiger partial charge in [0.25, 0.3) is 0 Å². The second-order valence-electron chi connectivity index (χ2n) is 5.98. The molecule has 4 nitrogen and oxygen atoms in total. The number of halogens is 1. The van der Waals surface area contributed by atoms with Gasteiger partial charge in [-0.3, -0.25) is 10.2 Å². The minimum Gasteiger partial charge on any atom is -0.331 e. The number of nitrogens with one attached hydrogen (secondary N) is 2. The van der Waals surface area contributed by atoms with Gasteiger partial charge < -0.3 is 5.32 Å². The molecule has 1 aromatic carbocycles. The topological polar surface area (TPSA) is 53.5 Å². The first-order chi connectivity index (χ1) is 9.84. The van der Waals surface area contributed by atoms with Crippen molar-refractivity contribution in [3.8, 4) is 0 Å². The number of anilines is 1. The number of carbonyl (C=O) groups is 1. The van der Waals surface area contributed by atoms with Crippen LogP contribution in [-0.4, -0.2) is 16.6 Å². The first kappa shape index (κ1) is 15.6. The molecule has 0 heterocycles. The fourth-order valence-corrected chi connectivity index (χ4v) is 2.57. The number of carbonyl (C=O) groups excluding carboxylic acids is 1. The Morgan fingerprint density at radius 2 is 1.95 bits per heavy atom. The number of ketones is 1. The SMILES string of the molecule is CC1(C)CC(=O)C/C(=N/NC(=S)Nc2ccc(F)cc2)C1. The Kier molecular flexibility index (Phi) is 4.67. The number of rotatable bonds is 2. The summed E-state index contributed by atoms with van der Waals surface area (Å²) in [6.45, 7) is 4.10. The van der Waals surface area contributed by atoms with Crippen molar-refractivity contribution < 1.29 is 9.18 Å². The molecular weight excluding hydrogens is 289 g/mol. The van der Waals surface area contributed by atoms with E-state index in [9.17, 15) is 9.18 Å². The smallest absolute Gasteiger partial charge is 0.191 e. The summed E-state index contributed by atoms with van der Waals surface area (Å²) in [5.41, 5.74) is 4.16. The van der Waals surface area contributed by atoms with Gasteiger partial charge in [-0.2, -0.15) is 5.10 Å². The standard InChI is InChI=1S/C15H18FN3OS/c1-15(2)8-12(7-13(20)9-15)18-19-14(21)17-11-5-3-10(16)4-6-11/h3-6H,7-9H2,1-2H3,(H2,17,19,21)/b18-12-. The van der Waals surface area contributed by atoms with Gasteiger partial charge in [0, 0.05) is 24.2 Å². The number of benzene rings is 1. The van der Waals surface area contributed by atoms with Crippen LogP contribution in [0.25, 0.3) is 0 Å². The highest BCUT2D eigenvalue weighted by molar-refractivity contribution is 7.80. The van der Waals surface area contributed by atoms with E-state index in [1.165, 1.54) is 12.1 Å². The Balaban J connectivity index is 1.92. The molecule has 0 aliphatic heterocycles. The summed E-state index contributed by atoms with van der Waals surface area (Å²) in [6, 6.07) is 5.87. The first-order valence-electron chi connectivity index (χ1n) is 6.74. The molecule has 0 unspecified atom stereocenters. The Bertz CT molecular complexity index is 581. The molecule has 2 rings (SSSR count). The highest BCUT2D eigenvalue weighted by Crippen LogP contribution is 2.31. The van der Waals surface area contributed by atoms with Gasteiger partial charge in [-0.05, 0) is 48.3 Å². The van der Waals surface area contributed by atoms with E-state index in [1.807, 2.05) is 0 Å². The first-order valence-corrected chi connectivity index (χ1v) is 7.15. The molecule has 112 valence electrons. The van der Waals surface area contributed by atoms with Crippen LogP contribution >= 0.6 is 12.2 Å². The molecule has 2 N–H and O–H groups in total. The average Bonchev–Trinajstić information content (AvgIpc) is 2.37. The van der Waals surface area contributed by atoms with E-state index in [2.05, 4.69) is 29.7 Å². The van der Waals surface area contributed by atoms with E-state index in [4.69, 9.17) is 12.2 Å². The third-order valence-corrected chi connectivity index (χ3v) is 3.37. The summed E-state index contributed by atoms with van der Waals surface area (Å²) in [5.74, 6) is -0.105. The number of Topliss-reactive ketones (excluding diaryl/α,β-unsaturated/α-hetero) is 1. The van der Waals surface area contributed by atoms with Gasteiger partial charge in [0.15, 0.2) is 5.11 Å². The molecular formula is C15H18FN3OS. The van der Waals surface area contributed by atoms with E-state index in [0.717, 1.165) is 12.1 Å². The highest BCUT2D eigenvalue weighted by Gasteiger charge is 2.30.